The van der Waals surface area contributed by atoms with E-state index in [1.807, 2.05) is 0 Å². The van der Waals surface area contributed by atoms with Gasteiger partial charge in [-0.2, -0.15) is 0 Å². The van der Waals surface area contributed by atoms with E-state index in [4.69, 9.17) is 9.84 Å². The Morgan fingerprint density at radius 3 is 2.81 bits per heavy atom. The third-order valence-corrected chi connectivity index (χ3v) is 3.53. The predicted octanol–water partition coefficient (Wildman–Crippen LogP) is 2.00. The van der Waals surface area contributed by atoms with Gasteiger partial charge < -0.3 is 15.2 Å². The molecule has 1 amide bonds. The number of carbonyl (C=O) groups is 2. The lowest BCUT2D eigenvalue weighted by Crippen LogP contribution is -2.36. The quantitative estimate of drug-likeness (QED) is 0.837. The minimum Gasteiger partial charge on any atom is -0.490 e. The fourth-order valence-corrected chi connectivity index (χ4v) is 2.47. The summed E-state index contributed by atoms with van der Waals surface area (Å²) in [6.07, 6.45) is 7.26. The maximum atomic E-state index is 11.8. The largest absolute Gasteiger partial charge is 0.490 e. The molecule has 0 aliphatic heterocycles. The number of carboxylic acid groups (broad SMARTS) is 1. The van der Waals surface area contributed by atoms with Gasteiger partial charge >= 0.3 is 5.97 Å². The summed E-state index contributed by atoms with van der Waals surface area (Å²) in [4.78, 5) is 26.5. The van der Waals surface area contributed by atoms with Crippen LogP contribution in [-0.4, -0.2) is 34.6 Å². The Morgan fingerprint density at radius 2 is 2.10 bits per heavy atom. The van der Waals surface area contributed by atoms with Gasteiger partial charge in [0, 0.05) is 12.2 Å². The normalized spacial score (nSPS) is 15.4. The zero-order valence-electron chi connectivity index (χ0n) is 11.9. The summed E-state index contributed by atoms with van der Waals surface area (Å²) in [5.41, 5.74) is -0.134. The minimum atomic E-state index is -1.14. The van der Waals surface area contributed by atoms with Crippen molar-refractivity contribution >= 4 is 11.9 Å². The molecule has 6 heteroatoms. The van der Waals surface area contributed by atoms with Crippen LogP contribution in [0, 0.1) is 0 Å². The van der Waals surface area contributed by atoms with Gasteiger partial charge in [0.05, 0.1) is 13.0 Å². The van der Waals surface area contributed by atoms with Gasteiger partial charge in [0.2, 0.25) is 5.91 Å². The molecule has 6 nitrogen and oxygen atoms in total. The molecule has 2 rings (SSSR count). The third-order valence-electron chi connectivity index (χ3n) is 3.53. The highest BCUT2D eigenvalue weighted by Gasteiger charge is 2.16. The van der Waals surface area contributed by atoms with Gasteiger partial charge in [-0.1, -0.05) is 19.3 Å². The molecule has 0 atom stereocenters. The van der Waals surface area contributed by atoms with Crippen LogP contribution in [0.15, 0.2) is 18.3 Å². The van der Waals surface area contributed by atoms with Gasteiger partial charge in [0.25, 0.3) is 0 Å². The molecule has 1 heterocycles. The van der Waals surface area contributed by atoms with Gasteiger partial charge in [0.15, 0.2) is 11.4 Å². The number of aromatic nitrogens is 1. The molecular weight excluding hydrogens is 272 g/mol. The number of carboxylic acids is 1. The first-order valence-corrected chi connectivity index (χ1v) is 7.27. The van der Waals surface area contributed by atoms with Crippen LogP contribution in [0.25, 0.3) is 0 Å². The van der Waals surface area contributed by atoms with Crippen LogP contribution < -0.4 is 10.1 Å². The second-order valence-electron chi connectivity index (χ2n) is 5.16. The Morgan fingerprint density at radius 1 is 1.33 bits per heavy atom. The average Bonchev–Trinajstić information content (AvgIpc) is 2.48. The molecule has 1 aliphatic carbocycles. The topological polar surface area (TPSA) is 88.5 Å². The molecule has 114 valence electrons. The smallest absolute Gasteiger partial charge is 0.358 e. The first kappa shape index (κ1) is 15.3. The number of aromatic carboxylic acids is 1. The van der Waals surface area contributed by atoms with Crippen molar-refractivity contribution in [3.63, 3.8) is 0 Å². The van der Waals surface area contributed by atoms with Crippen LogP contribution in [0.5, 0.6) is 5.75 Å². The number of hydrogen-bond donors (Lipinski definition) is 2. The summed E-state index contributed by atoms with van der Waals surface area (Å²) in [6, 6.07) is 3.42. The highest BCUT2D eigenvalue weighted by atomic mass is 16.5. The summed E-state index contributed by atoms with van der Waals surface area (Å²) < 4.78 is 5.35. The number of pyridine rings is 1. The molecular formula is C15H20N2O4. The Hall–Kier alpha value is -2.11. The molecule has 21 heavy (non-hydrogen) atoms. The monoisotopic (exact) mass is 292 g/mol. The van der Waals surface area contributed by atoms with Crippen molar-refractivity contribution in [3.05, 3.63) is 24.0 Å². The van der Waals surface area contributed by atoms with Gasteiger partial charge in [0.1, 0.15) is 0 Å². The Bertz CT molecular complexity index is 498. The van der Waals surface area contributed by atoms with Crippen LogP contribution >= 0.6 is 0 Å². The zero-order valence-corrected chi connectivity index (χ0v) is 11.9. The molecule has 0 radical (unpaired) electrons. The molecule has 1 aromatic heterocycles. The van der Waals surface area contributed by atoms with Crippen molar-refractivity contribution in [2.45, 2.75) is 44.6 Å². The molecule has 1 aromatic rings. The van der Waals surface area contributed by atoms with Gasteiger partial charge in [-0.25, -0.2) is 9.78 Å². The van der Waals surface area contributed by atoms with Crippen molar-refractivity contribution in [1.82, 2.24) is 10.3 Å². The van der Waals surface area contributed by atoms with Crippen molar-refractivity contribution in [3.8, 4) is 5.75 Å². The fourth-order valence-electron chi connectivity index (χ4n) is 2.47. The van der Waals surface area contributed by atoms with Crippen LogP contribution in [0.2, 0.25) is 0 Å². The van der Waals surface area contributed by atoms with E-state index in [2.05, 4.69) is 10.3 Å². The summed E-state index contributed by atoms with van der Waals surface area (Å²) in [5.74, 6) is -1.00. The number of amides is 1. The van der Waals surface area contributed by atoms with Crippen molar-refractivity contribution in [1.29, 1.82) is 0 Å². The van der Waals surface area contributed by atoms with Crippen LogP contribution in [-0.2, 0) is 4.79 Å². The van der Waals surface area contributed by atoms with E-state index in [-0.39, 0.29) is 36.4 Å². The first-order chi connectivity index (χ1) is 10.2. The summed E-state index contributed by atoms with van der Waals surface area (Å²) in [6.45, 7) is 0.143. The van der Waals surface area contributed by atoms with Crippen LogP contribution in [0.3, 0.4) is 0 Å². The summed E-state index contributed by atoms with van der Waals surface area (Å²) >= 11 is 0. The Labute approximate surface area is 123 Å². The average molecular weight is 292 g/mol. The number of nitrogens with one attached hydrogen (secondary N) is 1. The lowest BCUT2D eigenvalue weighted by Gasteiger charge is -2.22. The van der Waals surface area contributed by atoms with Crippen molar-refractivity contribution in [2.75, 3.05) is 6.61 Å². The number of rotatable bonds is 6. The molecule has 1 fully saturated rings. The molecule has 1 aliphatic rings. The number of ether oxygens (including phenoxy) is 1. The lowest BCUT2D eigenvalue weighted by molar-refractivity contribution is -0.122. The standard InChI is InChI=1S/C15H20N2O4/c18-13(17-11-5-2-1-3-6-11)8-10-21-12-7-4-9-16-14(12)15(19)20/h4,7,9,11H,1-3,5-6,8,10H2,(H,17,18)(H,19,20). The maximum absolute atomic E-state index is 11.8. The molecule has 0 saturated heterocycles. The van der Waals surface area contributed by atoms with Gasteiger partial charge in [-0.15, -0.1) is 0 Å². The SMILES string of the molecule is O=C(CCOc1cccnc1C(=O)O)NC1CCCCC1. The van der Waals surface area contributed by atoms with E-state index in [1.165, 1.54) is 31.5 Å². The molecule has 0 unspecified atom stereocenters. The number of carbonyl (C=O) groups excluding carboxylic acids is 1. The third kappa shape index (κ3) is 4.73. The second kappa shape index (κ2) is 7.61. The number of nitrogens with zero attached hydrogens (tertiary/aromatic N) is 1. The van der Waals surface area contributed by atoms with E-state index in [0.717, 1.165) is 12.8 Å². The summed E-state index contributed by atoms with van der Waals surface area (Å²) in [5, 5.41) is 12.0. The van der Waals surface area contributed by atoms with E-state index >= 15 is 0 Å². The van der Waals surface area contributed by atoms with Crippen molar-refractivity contribution in [2.24, 2.45) is 0 Å². The summed E-state index contributed by atoms with van der Waals surface area (Å²) in [7, 11) is 0. The highest BCUT2D eigenvalue weighted by molar-refractivity contribution is 5.88. The molecule has 0 spiro atoms. The Kier molecular flexibility index (Phi) is 5.54. The maximum Gasteiger partial charge on any atom is 0.358 e. The predicted molar refractivity (Wildman–Crippen MR) is 76.3 cm³/mol. The number of hydrogen-bond acceptors (Lipinski definition) is 4. The molecule has 1 saturated carbocycles. The molecule has 0 aromatic carbocycles. The van der Waals surface area contributed by atoms with E-state index in [0.29, 0.717) is 0 Å². The zero-order chi connectivity index (χ0) is 15.1. The lowest BCUT2D eigenvalue weighted by atomic mass is 9.95. The second-order valence-corrected chi connectivity index (χ2v) is 5.16. The van der Waals surface area contributed by atoms with Crippen molar-refractivity contribution < 1.29 is 19.4 Å². The highest BCUT2D eigenvalue weighted by Crippen LogP contribution is 2.18. The molecule has 2 N–H and O–H groups in total. The Balaban J connectivity index is 1.76. The van der Waals surface area contributed by atoms with E-state index in [1.54, 1.807) is 6.07 Å². The van der Waals surface area contributed by atoms with Crippen LogP contribution in [0.4, 0.5) is 0 Å². The minimum absolute atomic E-state index is 0.0531. The van der Waals surface area contributed by atoms with E-state index in [9.17, 15) is 9.59 Å². The first-order valence-electron chi connectivity index (χ1n) is 7.27. The van der Waals surface area contributed by atoms with Crippen LogP contribution in [0.1, 0.15) is 49.0 Å². The van der Waals surface area contributed by atoms with Gasteiger partial charge in [-0.3, -0.25) is 4.79 Å². The van der Waals surface area contributed by atoms with Gasteiger partial charge in [-0.05, 0) is 25.0 Å². The molecule has 0 bridgehead atoms. The fraction of sp³-hybridized carbons (Fsp3) is 0.533. The van der Waals surface area contributed by atoms with E-state index < -0.39 is 5.97 Å².